The van der Waals surface area contributed by atoms with E-state index in [-0.39, 0.29) is 18.1 Å². The molecule has 1 aromatic carbocycles. The van der Waals surface area contributed by atoms with Crippen LogP contribution in [0.25, 0.3) is 0 Å². The van der Waals surface area contributed by atoms with Gasteiger partial charge in [-0.1, -0.05) is 13.3 Å². The van der Waals surface area contributed by atoms with Crippen LogP contribution < -0.4 is 0 Å². The van der Waals surface area contributed by atoms with Crippen LogP contribution in [0, 0.1) is 37.5 Å². The highest BCUT2D eigenvalue weighted by molar-refractivity contribution is 6.15. The van der Waals surface area contributed by atoms with Gasteiger partial charge in [0.2, 0.25) is 11.8 Å². The fraction of sp³-hybridized carbons (Fsp3) is 0.609. The van der Waals surface area contributed by atoms with Crippen LogP contribution in [0.5, 0.6) is 5.75 Å². The molecule has 3 fully saturated rings. The van der Waals surface area contributed by atoms with E-state index in [0.717, 1.165) is 19.1 Å². The van der Waals surface area contributed by atoms with Crippen LogP contribution in [-0.4, -0.2) is 45.9 Å². The number of hydrogen-bond acceptors (Lipinski definition) is 7. The Morgan fingerprint density at radius 3 is 2.45 bits per heavy atom. The molecule has 0 bridgehead atoms. The van der Waals surface area contributed by atoms with Gasteiger partial charge >= 0.3 is 6.09 Å². The molecule has 0 radical (unpaired) electrons. The minimum Gasteiger partial charge on any atom is -0.507 e. The van der Waals surface area contributed by atoms with Crippen molar-refractivity contribution in [2.45, 2.75) is 58.3 Å². The summed E-state index contributed by atoms with van der Waals surface area (Å²) in [5.74, 6) is -4.97. The van der Waals surface area contributed by atoms with Gasteiger partial charge in [-0.25, -0.2) is 4.79 Å². The number of nitrogens with zero attached hydrogens (tertiary/aromatic N) is 1. The third kappa shape index (κ3) is 3.15. The number of aryl methyl sites for hydroxylation is 2. The lowest BCUT2D eigenvalue weighted by Crippen LogP contribution is -2.53. The van der Waals surface area contributed by atoms with E-state index in [1.807, 2.05) is 19.1 Å². The van der Waals surface area contributed by atoms with Gasteiger partial charge in [0.25, 0.3) is 0 Å². The number of rotatable bonds is 3. The van der Waals surface area contributed by atoms with Crippen molar-refractivity contribution in [2.24, 2.45) is 23.7 Å². The molecular formula is C23H29NO7. The zero-order chi connectivity index (χ0) is 22.7. The van der Waals surface area contributed by atoms with Gasteiger partial charge in [-0.15, -0.1) is 0 Å². The second-order valence-corrected chi connectivity index (χ2v) is 9.04. The van der Waals surface area contributed by atoms with Crippen molar-refractivity contribution in [3.63, 3.8) is 0 Å². The van der Waals surface area contributed by atoms with Crippen LogP contribution >= 0.6 is 0 Å². The summed E-state index contributed by atoms with van der Waals surface area (Å²) in [7, 11) is 1.13. The summed E-state index contributed by atoms with van der Waals surface area (Å²) >= 11 is 0. The monoisotopic (exact) mass is 431 g/mol. The van der Waals surface area contributed by atoms with Gasteiger partial charge < -0.3 is 19.7 Å². The Bertz CT molecular complexity index is 921. The molecule has 2 saturated heterocycles. The summed E-state index contributed by atoms with van der Waals surface area (Å²) in [6.07, 6.45) is 0.572. The molecular weight excluding hydrogens is 402 g/mol. The lowest BCUT2D eigenvalue weighted by Gasteiger charge is -2.44. The third-order valence-corrected chi connectivity index (χ3v) is 7.24. The molecule has 2 N–H and O–H groups in total. The van der Waals surface area contributed by atoms with E-state index < -0.39 is 47.6 Å². The largest absolute Gasteiger partial charge is 0.507 e. The maximum atomic E-state index is 13.1. The van der Waals surface area contributed by atoms with Gasteiger partial charge in [-0.3, -0.25) is 9.59 Å². The standard InChI is InChI=1S/C23H29NO7/c1-5-6-14-9-15-18(21(27)24(20(15)26)22(28)30-4)16-10-17(31-23(14,16)29)13-7-11(2)19(25)12(3)8-13/h7-8,14-18,25,29H,5-6,9-10H2,1-4H3/t14-,15-,16-,17-,18-,23+/m0/s1. The molecule has 168 valence electrons. The van der Waals surface area contributed by atoms with E-state index in [1.165, 1.54) is 0 Å². The molecule has 0 spiro atoms. The molecule has 2 heterocycles. The smallest absolute Gasteiger partial charge is 0.423 e. The number of phenols is 1. The highest BCUT2D eigenvalue weighted by Crippen LogP contribution is 2.59. The molecule has 0 unspecified atom stereocenters. The van der Waals surface area contributed by atoms with Gasteiger partial charge in [0.1, 0.15) is 5.75 Å². The molecule has 1 aromatic rings. The number of benzene rings is 1. The Hall–Kier alpha value is -2.45. The van der Waals surface area contributed by atoms with E-state index in [4.69, 9.17) is 4.74 Å². The zero-order valence-corrected chi connectivity index (χ0v) is 18.3. The molecule has 3 aliphatic rings. The van der Waals surface area contributed by atoms with Crippen molar-refractivity contribution >= 4 is 17.9 Å². The number of amides is 3. The lowest BCUT2D eigenvalue weighted by atomic mass is 9.63. The first-order chi connectivity index (χ1) is 14.6. The fourth-order valence-corrected chi connectivity index (χ4v) is 5.81. The lowest BCUT2D eigenvalue weighted by molar-refractivity contribution is -0.270. The molecule has 3 amide bonds. The van der Waals surface area contributed by atoms with Crippen molar-refractivity contribution in [3.8, 4) is 5.75 Å². The predicted octanol–water partition coefficient (Wildman–Crippen LogP) is 2.96. The summed E-state index contributed by atoms with van der Waals surface area (Å²) in [5, 5.41) is 21.8. The first kappa shape index (κ1) is 21.8. The number of imide groups is 3. The van der Waals surface area contributed by atoms with E-state index >= 15 is 0 Å². The van der Waals surface area contributed by atoms with Gasteiger partial charge in [0.15, 0.2) is 5.79 Å². The van der Waals surface area contributed by atoms with Gasteiger partial charge in [0.05, 0.1) is 25.0 Å². The Balaban J connectivity index is 1.73. The van der Waals surface area contributed by atoms with E-state index in [0.29, 0.717) is 28.9 Å². The van der Waals surface area contributed by atoms with Crippen LogP contribution in [-0.2, 0) is 19.1 Å². The normalized spacial score (nSPS) is 34.6. The van der Waals surface area contributed by atoms with E-state index in [2.05, 4.69) is 4.74 Å². The molecule has 2 aliphatic heterocycles. The predicted molar refractivity (Wildman–Crippen MR) is 109 cm³/mol. The minimum absolute atomic E-state index is 0.215. The van der Waals surface area contributed by atoms with Crippen LogP contribution in [0.2, 0.25) is 0 Å². The fourth-order valence-electron chi connectivity index (χ4n) is 5.81. The molecule has 8 nitrogen and oxygen atoms in total. The average molecular weight is 431 g/mol. The number of fused-ring (bicyclic) bond motifs is 3. The number of aromatic hydroxyl groups is 1. The summed E-state index contributed by atoms with van der Waals surface area (Å²) in [6, 6.07) is 3.64. The number of phenolic OH excluding ortho intramolecular Hbond substituents is 1. The number of likely N-dealkylation sites (tertiary alicyclic amines) is 1. The SMILES string of the molecule is CCC[C@H]1C[C@@H]2C(=O)N(C(=O)OC)C(=O)[C@@H]2[C@@H]2C[C@@H](c3cc(C)c(O)c(C)c3)O[C@]12O. The third-order valence-electron chi connectivity index (χ3n) is 7.24. The summed E-state index contributed by atoms with van der Waals surface area (Å²) in [6.45, 7) is 5.59. The number of hydrogen-bond donors (Lipinski definition) is 2. The molecule has 6 atom stereocenters. The van der Waals surface area contributed by atoms with Crippen LogP contribution in [0.1, 0.15) is 55.4 Å². The van der Waals surface area contributed by atoms with E-state index in [9.17, 15) is 24.6 Å². The van der Waals surface area contributed by atoms with Crippen LogP contribution in [0.3, 0.4) is 0 Å². The maximum absolute atomic E-state index is 13.1. The highest BCUT2D eigenvalue weighted by Gasteiger charge is 2.67. The molecule has 1 saturated carbocycles. The second kappa shape index (κ2) is 7.60. The Morgan fingerprint density at radius 2 is 1.87 bits per heavy atom. The topological polar surface area (TPSA) is 113 Å². The molecule has 8 heteroatoms. The van der Waals surface area contributed by atoms with Gasteiger partial charge in [-0.2, -0.15) is 4.90 Å². The molecule has 0 aromatic heterocycles. The first-order valence-electron chi connectivity index (χ1n) is 10.8. The van der Waals surface area contributed by atoms with Crippen LogP contribution in [0.15, 0.2) is 12.1 Å². The average Bonchev–Trinajstić information content (AvgIpc) is 3.20. The quantitative estimate of drug-likeness (QED) is 0.708. The van der Waals surface area contributed by atoms with E-state index in [1.54, 1.807) is 13.8 Å². The van der Waals surface area contributed by atoms with Crippen LogP contribution in [0.4, 0.5) is 4.79 Å². The maximum Gasteiger partial charge on any atom is 0.423 e. The minimum atomic E-state index is -1.57. The number of ether oxygens (including phenoxy) is 2. The van der Waals surface area contributed by atoms with Crippen molar-refractivity contribution in [1.29, 1.82) is 0 Å². The number of carbonyl (C=O) groups is 3. The van der Waals surface area contributed by atoms with Gasteiger partial charge in [0, 0.05) is 11.8 Å². The summed E-state index contributed by atoms with van der Waals surface area (Å²) in [5.41, 5.74) is 2.21. The number of carbonyl (C=O) groups excluding carboxylic acids is 3. The first-order valence-corrected chi connectivity index (χ1v) is 10.8. The van der Waals surface area contributed by atoms with Crippen molar-refractivity contribution in [1.82, 2.24) is 4.90 Å². The zero-order valence-electron chi connectivity index (χ0n) is 18.3. The van der Waals surface area contributed by atoms with Gasteiger partial charge in [-0.05, 0) is 61.9 Å². The van der Waals surface area contributed by atoms with Crippen molar-refractivity contribution < 1.29 is 34.1 Å². The second-order valence-electron chi connectivity index (χ2n) is 9.04. The Labute approximate surface area is 181 Å². The number of aliphatic hydroxyl groups is 1. The van der Waals surface area contributed by atoms with Crippen molar-refractivity contribution in [2.75, 3.05) is 7.11 Å². The molecule has 4 rings (SSSR count). The molecule has 31 heavy (non-hydrogen) atoms. The molecule has 1 aliphatic carbocycles. The highest BCUT2D eigenvalue weighted by atomic mass is 16.6. The Kier molecular flexibility index (Phi) is 5.34. The van der Waals surface area contributed by atoms with Crippen molar-refractivity contribution in [3.05, 3.63) is 28.8 Å². The summed E-state index contributed by atoms with van der Waals surface area (Å²) < 4.78 is 10.9. The Morgan fingerprint density at radius 1 is 1.23 bits per heavy atom. The summed E-state index contributed by atoms with van der Waals surface area (Å²) in [4.78, 5) is 38.7. The number of methoxy groups -OCH3 is 1.